The van der Waals surface area contributed by atoms with Crippen molar-refractivity contribution >= 4 is 11.8 Å². The standard InChI is InChI=1S/C22H43N9O8/c23-20(22(33)27-5-8-34-11-14-37-15-12-35-9-6-28-30-24)3-1-2-4-26-21(32)19-39-18-17-38-16-13-36-10-7-29-31-25/h20H,1-19,23H2,(H,26,32)(H,27,33). The molecule has 0 bridgehead atoms. The van der Waals surface area contributed by atoms with Crippen LogP contribution in [0.1, 0.15) is 19.3 Å². The van der Waals surface area contributed by atoms with Gasteiger partial charge in [0.05, 0.1) is 78.7 Å². The maximum Gasteiger partial charge on any atom is 0.245 e. The summed E-state index contributed by atoms with van der Waals surface area (Å²) in [6, 6.07) is -0.623. The van der Waals surface area contributed by atoms with Crippen LogP contribution in [0.5, 0.6) is 0 Å². The van der Waals surface area contributed by atoms with E-state index in [0.717, 1.165) is 0 Å². The van der Waals surface area contributed by atoms with Crippen molar-refractivity contribution in [2.75, 3.05) is 105 Å². The topological polar surface area (TPSA) is 237 Å². The first-order valence-corrected chi connectivity index (χ1v) is 12.9. The van der Waals surface area contributed by atoms with E-state index in [1.165, 1.54) is 0 Å². The van der Waals surface area contributed by atoms with Crippen molar-refractivity contribution in [3.63, 3.8) is 0 Å². The Labute approximate surface area is 228 Å². The monoisotopic (exact) mass is 561 g/mol. The Hall–Kier alpha value is -2.72. The van der Waals surface area contributed by atoms with Crippen molar-refractivity contribution in [2.45, 2.75) is 25.3 Å². The molecule has 224 valence electrons. The van der Waals surface area contributed by atoms with Crippen LogP contribution < -0.4 is 16.4 Å². The third-order valence-corrected chi connectivity index (χ3v) is 4.67. The second-order valence-electron chi connectivity index (χ2n) is 7.77. The van der Waals surface area contributed by atoms with Gasteiger partial charge in [-0.05, 0) is 30.3 Å². The third kappa shape index (κ3) is 28.1. The highest BCUT2D eigenvalue weighted by molar-refractivity contribution is 5.81. The first kappa shape index (κ1) is 36.3. The van der Waals surface area contributed by atoms with Gasteiger partial charge in [-0.2, -0.15) is 0 Å². The van der Waals surface area contributed by atoms with Crippen molar-refractivity contribution in [1.82, 2.24) is 10.6 Å². The lowest BCUT2D eigenvalue weighted by Gasteiger charge is -2.13. The van der Waals surface area contributed by atoms with Gasteiger partial charge in [0.15, 0.2) is 0 Å². The van der Waals surface area contributed by atoms with Crippen LogP contribution in [0.2, 0.25) is 0 Å². The van der Waals surface area contributed by atoms with E-state index in [9.17, 15) is 9.59 Å². The fourth-order valence-corrected chi connectivity index (χ4v) is 2.72. The molecule has 0 aliphatic rings. The molecule has 4 N–H and O–H groups in total. The van der Waals surface area contributed by atoms with E-state index >= 15 is 0 Å². The molecule has 0 fully saturated rings. The summed E-state index contributed by atoms with van der Waals surface area (Å²) in [6.45, 7) is 5.41. The molecule has 0 saturated heterocycles. The van der Waals surface area contributed by atoms with E-state index in [-0.39, 0.29) is 31.6 Å². The Morgan fingerprint density at radius 1 is 0.667 bits per heavy atom. The van der Waals surface area contributed by atoms with Gasteiger partial charge in [-0.15, -0.1) is 0 Å². The molecule has 1 atom stereocenters. The molecule has 0 heterocycles. The number of ether oxygens (including phenoxy) is 6. The van der Waals surface area contributed by atoms with Gasteiger partial charge in [-0.25, -0.2) is 0 Å². The summed E-state index contributed by atoms with van der Waals surface area (Å²) in [5.41, 5.74) is 22.1. The number of nitrogens with one attached hydrogen (secondary N) is 2. The number of azide groups is 2. The fourth-order valence-electron chi connectivity index (χ4n) is 2.72. The van der Waals surface area contributed by atoms with Crippen molar-refractivity contribution in [3.05, 3.63) is 20.9 Å². The molecule has 0 aromatic rings. The Balaban J connectivity index is 3.42. The number of rotatable bonds is 29. The number of amides is 2. The second kappa shape index (κ2) is 29.8. The summed E-state index contributed by atoms with van der Waals surface area (Å²) < 4.78 is 31.6. The van der Waals surface area contributed by atoms with E-state index in [4.69, 9.17) is 45.2 Å². The maximum atomic E-state index is 12.0. The summed E-state index contributed by atoms with van der Waals surface area (Å²) in [6.07, 6.45) is 1.89. The highest BCUT2D eigenvalue weighted by Gasteiger charge is 2.12. The molecule has 39 heavy (non-hydrogen) atoms. The Morgan fingerprint density at radius 3 is 1.69 bits per heavy atom. The summed E-state index contributed by atoms with van der Waals surface area (Å²) in [5.74, 6) is -0.466. The van der Waals surface area contributed by atoms with Crippen LogP contribution in [0.25, 0.3) is 20.9 Å². The summed E-state index contributed by atoms with van der Waals surface area (Å²) in [7, 11) is 0. The quantitative estimate of drug-likeness (QED) is 0.0496. The maximum absolute atomic E-state index is 12.0. The first-order valence-electron chi connectivity index (χ1n) is 12.9. The minimum atomic E-state index is -0.623. The number of hydrogen-bond donors (Lipinski definition) is 3. The zero-order chi connectivity index (χ0) is 28.7. The average Bonchev–Trinajstić information content (AvgIpc) is 2.93. The largest absolute Gasteiger partial charge is 0.379 e. The van der Waals surface area contributed by atoms with Crippen molar-refractivity contribution in [1.29, 1.82) is 0 Å². The molecule has 17 heteroatoms. The minimum Gasteiger partial charge on any atom is -0.379 e. The lowest BCUT2D eigenvalue weighted by atomic mass is 10.1. The highest BCUT2D eigenvalue weighted by atomic mass is 16.5. The van der Waals surface area contributed by atoms with Gasteiger partial charge in [-0.3, -0.25) is 9.59 Å². The van der Waals surface area contributed by atoms with Gasteiger partial charge in [0.1, 0.15) is 6.61 Å². The van der Waals surface area contributed by atoms with Gasteiger partial charge in [-0.1, -0.05) is 10.2 Å². The van der Waals surface area contributed by atoms with Crippen molar-refractivity contribution in [2.24, 2.45) is 16.0 Å². The average molecular weight is 562 g/mol. The molecule has 0 aliphatic heterocycles. The molecule has 0 radical (unpaired) electrons. The summed E-state index contributed by atoms with van der Waals surface area (Å²) in [5, 5.41) is 12.2. The van der Waals surface area contributed by atoms with Gasteiger partial charge in [0.2, 0.25) is 11.8 Å². The van der Waals surface area contributed by atoms with Crippen LogP contribution in [-0.2, 0) is 38.0 Å². The molecule has 17 nitrogen and oxygen atoms in total. The molecular weight excluding hydrogens is 518 g/mol. The van der Waals surface area contributed by atoms with Crippen LogP contribution in [0.15, 0.2) is 10.2 Å². The molecule has 0 saturated carbocycles. The Bertz CT molecular complexity index is 707. The number of unbranched alkanes of at least 4 members (excludes halogenated alkanes) is 1. The molecule has 2 amide bonds. The van der Waals surface area contributed by atoms with Crippen LogP contribution >= 0.6 is 0 Å². The van der Waals surface area contributed by atoms with E-state index < -0.39 is 6.04 Å². The Morgan fingerprint density at radius 2 is 1.15 bits per heavy atom. The predicted octanol–water partition coefficient (Wildman–Crippen LogP) is 0.437. The summed E-state index contributed by atoms with van der Waals surface area (Å²) >= 11 is 0. The van der Waals surface area contributed by atoms with E-state index in [0.29, 0.717) is 105 Å². The van der Waals surface area contributed by atoms with Gasteiger partial charge in [0, 0.05) is 36.0 Å². The SMILES string of the molecule is [N-]=[N+]=NCCOCCOCCOCCNC(=O)C(N)CCCCNC(=O)COCCOCCOCCN=[N+]=[N-]. The van der Waals surface area contributed by atoms with Crippen molar-refractivity contribution < 1.29 is 38.0 Å². The zero-order valence-electron chi connectivity index (χ0n) is 22.5. The van der Waals surface area contributed by atoms with Gasteiger partial charge < -0.3 is 44.8 Å². The fraction of sp³-hybridized carbons (Fsp3) is 0.909. The minimum absolute atomic E-state index is 0.0588. The van der Waals surface area contributed by atoms with E-state index in [1.807, 2.05) is 0 Å². The van der Waals surface area contributed by atoms with Crippen LogP contribution in [0, 0.1) is 0 Å². The van der Waals surface area contributed by atoms with Gasteiger partial charge in [0.25, 0.3) is 0 Å². The number of carbonyl (C=O) groups is 2. The lowest BCUT2D eigenvalue weighted by molar-refractivity contribution is -0.126. The van der Waals surface area contributed by atoms with Gasteiger partial charge >= 0.3 is 0 Å². The number of hydrogen-bond acceptors (Lipinski definition) is 11. The summed E-state index contributed by atoms with van der Waals surface area (Å²) in [4.78, 5) is 29.0. The van der Waals surface area contributed by atoms with Crippen molar-refractivity contribution in [3.8, 4) is 0 Å². The van der Waals surface area contributed by atoms with E-state index in [2.05, 4.69) is 30.7 Å². The molecule has 0 aromatic carbocycles. The zero-order valence-corrected chi connectivity index (χ0v) is 22.5. The van der Waals surface area contributed by atoms with E-state index in [1.54, 1.807) is 0 Å². The Kier molecular flexibility index (Phi) is 27.7. The van der Waals surface area contributed by atoms with Crippen LogP contribution in [0.4, 0.5) is 0 Å². The highest BCUT2D eigenvalue weighted by Crippen LogP contribution is 1.98. The lowest BCUT2D eigenvalue weighted by Crippen LogP contribution is -2.41. The number of carbonyl (C=O) groups excluding carboxylic acids is 2. The number of nitrogens with two attached hydrogens (primary N) is 1. The number of nitrogens with zero attached hydrogens (tertiary/aromatic N) is 6. The second-order valence-corrected chi connectivity index (χ2v) is 7.77. The smallest absolute Gasteiger partial charge is 0.245 e. The van der Waals surface area contributed by atoms with Crippen LogP contribution in [-0.4, -0.2) is 123 Å². The van der Waals surface area contributed by atoms with Crippen LogP contribution in [0.3, 0.4) is 0 Å². The molecule has 0 aliphatic carbocycles. The predicted molar refractivity (Wildman–Crippen MR) is 141 cm³/mol. The first-order chi connectivity index (χ1) is 19.1. The molecular formula is C22H43N9O8. The molecule has 0 aromatic heterocycles. The molecule has 0 rings (SSSR count). The molecule has 1 unspecified atom stereocenters. The third-order valence-electron chi connectivity index (χ3n) is 4.67. The molecule has 0 spiro atoms. The normalized spacial score (nSPS) is 11.3.